The molecule has 0 atom stereocenters. The van der Waals surface area contributed by atoms with Gasteiger partial charge in [0, 0.05) is 18.5 Å². The highest BCUT2D eigenvalue weighted by Gasteiger charge is 2.25. The van der Waals surface area contributed by atoms with Gasteiger partial charge in [0.1, 0.15) is 0 Å². The van der Waals surface area contributed by atoms with Gasteiger partial charge in [-0.25, -0.2) is 0 Å². The van der Waals surface area contributed by atoms with Crippen molar-refractivity contribution in [2.75, 3.05) is 25.0 Å². The number of nitrogens with zero attached hydrogens (tertiary/aromatic N) is 2. The molecule has 0 radical (unpaired) electrons. The Balaban J connectivity index is 1.78. The molecule has 0 fully saturated rings. The average Bonchev–Trinajstić information content (AvgIpc) is 2.88. The van der Waals surface area contributed by atoms with Crippen molar-refractivity contribution in [3.05, 3.63) is 64.7 Å². The van der Waals surface area contributed by atoms with Gasteiger partial charge in [-0.05, 0) is 36.8 Å². The fraction of sp³-hybridized carbons (Fsp3) is 0.261. The van der Waals surface area contributed by atoms with Crippen LogP contribution in [0.15, 0.2) is 42.5 Å². The van der Waals surface area contributed by atoms with E-state index in [1.807, 2.05) is 6.07 Å². The van der Waals surface area contributed by atoms with Crippen molar-refractivity contribution in [3.63, 3.8) is 0 Å². The maximum atomic E-state index is 13.1. The minimum atomic E-state index is -0.375. The van der Waals surface area contributed by atoms with Crippen LogP contribution < -0.4 is 5.32 Å². The van der Waals surface area contributed by atoms with E-state index in [1.54, 1.807) is 49.4 Å². The number of carbonyl (C=O) groups is 3. The maximum Gasteiger partial charge on any atom is 0.307 e. The lowest BCUT2D eigenvalue weighted by molar-refractivity contribution is -0.143. The molecule has 3 rings (SSSR count). The van der Waals surface area contributed by atoms with Crippen molar-refractivity contribution >= 4 is 40.6 Å². The molecule has 1 aliphatic rings. The summed E-state index contributed by atoms with van der Waals surface area (Å²) < 4.78 is 4.93. The largest absolute Gasteiger partial charge is 0.466 e. The Morgan fingerprint density at radius 2 is 1.97 bits per heavy atom. The fourth-order valence-electron chi connectivity index (χ4n) is 3.25. The van der Waals surface area contributed by atoms with Gasteiger partial charge >= 0.3 is 5.97 Å². The number of fused-ring (bicyclic) bond motifs is 1. The highest BCUT2D eigenvalue weighted by Crippen LogP contribution is 2.24. The number of rotatable bonds is 7. The lowest BCUT2D eigenvalue weighted by Gasteiger charge is -2.20. The number of carbonyl (C=O) groups excluding carboxylic acids is 3. The van der Waals surface area contributed by atoms with E-state index in [4.69, 9.17) is 22.2 Å². The van der Waals surface area contributed by atoms with Crippen molar-refractivity contribution in [2.45, 2.75) is 19.8 Å². The van der Waals surface area contributed by atoms with E-state index in [-0.39, 0.29) is 50.2 Å². The number of nitriles is 1. The first kappa shape index (κ1) is 22.1. The third-order valence-electron chi connectivity index (χ3n) is 4.80. The normalized spacial score (nSPS) is 13.0. The maximum absolute atomic E-state index is 13.1. The predicted octanol–water partition coefficient (Wildman–Crippen LogP) is 3.13. The summed E-state index contributed by atoms with van der Waals surface area (Å²) in [6.07, 6.45) is 0.189. The molecule has 7 nitrogen and oxygen atoms in total. The summed E-state index contributed by atoms with van der Waals surface area (Å²) in [5.74, 6) is -0.757. The molecular formula is C23H21N3O4S. The van der Waals surface area contributed by atoms with Gasteiger partial charge in [-0.1, -0.05) is 30.4 Å². The Morgan fingerprint density at radius 1 is 1.23 bits per heavy atom. The molecule has 2 aromatic rings. The molecule has 1 aliphatic heterocycles. The predicted molar refractivity (Wildman–Crippen MR) is 119 cm³/mol. The van der Waals surface area contributed by atoms with Crippen LogP contribution in [-0.2, 0) is 16.0 Å². The van der Waals surface area contributed by atoms with Crippen LogP contribution in [0.5, 0.6) is 0 Å². The van der Waals surface area contributed by atoms with Crippen LogP contribution in [0, 0.1) is 11.3 Å². The molecule has 0 saturated carbocycles. The van der Waals surface area contributed by atoms with E-state index in [0.717, 1.165) is 0 Å². The number of benzene rings is 2. The van der Waals surface area contributed by atoms with E-state index >= 15 is 0 Å². The Kier molecular flexibility index (Phi) is 7.11. The smallest absolute Gasteiger partial charge is 0.307 e. The summed E-state index contributed by atoms with van der Waals surface area (Å²) in [5, 5.41) is 11.9. The van der Waals surface area contributed by atoms with Crippen LogP contribution in [0.1, 0.15) is 45.2 Å². The molecule has 1 N–H and O–H groups in total. The van der Waals surface area contributed by atoms with Gasteiger partial charge in [0.15, 0.2) is 5.78 Å². The first-order valence-electron chi connectivity index (χ1n) is 9.82. The first-order valence-corrected chi connectivity index (χ1v) is 10.2. The number of hydrogen-bond acceptors (Lipinski definition) is 6. The van der Waals surface area contributed by atoms with Gasteiger partial charge in [0.05, 0.1) is 47.4 Å². The highest BCUT2D eigenvalue weighted by molar-refractivity contribution is 7.80. The summed E-state index contributed by atoms with van der Waals surface area (Å²) in [6.45, 7) is 2.40. The number of anilines is 1. The van der Waals surface area contributed by atoms with Crippen LogP contribution in [0.3, 0.4) is 0 Å². The molecule has 0 aromatic heterocycles. The highest BCUT2D eigenvalue weighted by atomic mass is 32.1. The molecular weight excluding hydrogens is 414 g/mol. The number of amides is 1. The van der Waals surface area contributed by atoms with E-state index in [2.05, 4.69) is 5.32 Å². The molecule has 0 spiro atoms. The molecule has 0 aliphatic carbocycles. The van der Waals surface area contributed by atoms with Crippen molar-refractivity contribution in [1.82, 2.24) is 4.90 Å². The fourth-order valence-corrected chi connectivity index (χ4v) is 3.52. The first-order chi connectivity index (χ1) is 14.9. The average molecular weight is 436 g/mol. The molecule has 158 valence electrons. The van der Waals surface area contributed by atoms with Crippen LogP contribution >= 0.6 is 12.2 Å². The molecule has 0 saturated heterocycles. The SMILES string of the molecule is CCOC(=O)CCN1CC(=S)Nc2ccc(CC(=O)c3ccc(C#N)cc3)cc2C1=O. The lowest BCUT2D eigenvalue weighted by Crippen LogP contribution is -2.36. The summed E-state index contributed by atoms with van der Waals surface area (Å²) >= 11 is 5.32. The zero-order valence-corrected chi connectivity index (χ0v) is 17.8. The van der Waals surface area contributed by atoms with Crippen molar-refractivity contribution in [1.29, 1.82) is 5.26 Å². The topological polar surface area (TPSA) is 99.5 Å². The zero-order chi connectivity index (χ0) is 22.4. The number of esters is 1. The second kappa shape index (κ2) is 9.96. The van der Waals surface area contributed by atoms with Crippen molar-refractivity contribution in [2.24, 2.45) is 0 Å². The number of hydrogen-bond donors (Lipinski definition) is 1. The molecule has 0 bridgehead atoms. The van der Waals surface area contributed by atoms with Gasteiger partial charge in [-0.3, -0.25) is 14.4 Å². The Labute approximate surface area is 185 Å². The Hall–Kier alpha value is -3.57. The summed E-state index contributed by atoms with van der Waals surface area (Å²) in [6, 6.07) is 13.6. The molecule has 8 heteroatoms. The van der Waals surface area contributed by atoms with E-state index < -0.39 is 0 Å². The Morgan fingerprint density at radius 3 is 2.65 bits per heavy atom. The molecule has 2 aromatic carbocycles. The van der Waals surface area contributed by atoms with Gasteiger partial charge in [-0.2, -0.15) is 5.26 Å². The van der Waals surface area contributed by atoms with Crippen LogP contribution in [0.2, 0.25) is 0 Å². The van der Waals surface area contributed by atoms with Gasteiger partial charge in [0.25, 0.3) is 5.91 Å². The van der Waals surface area contributed by atoms with Crippen LogP contribution in [0.25, 0.3) is 0 Å². The Bertz CT molecular complexity index is 1070. The lowest BCUT2D eigenvalue weighted by atomic mass is 9.99. The second-order valence-electron chi connectivity index (χ2n) is 7.00. The second-order valence-corrected chi connectivity index (χ2v) is 7.49. The number of nitrogens with one attached hydrogen (secondary N) is 1. The summed E-state index contributed by atoms with van der Waals surface area (Å²) in [4.78, 5) is 39.4. The standard InChI is InChI=1S/C23H21N3O4S/c1-2-30-22(28)9-10-26-14-21(31)25-19-8-5-16(11-18(19)23(26)29)12-20(27)17-6-3-15(13-24)4-7-17/h3-8,11H,2,9-10,12,14H2,1H3,(H,25,31). The van der Waals surface area contributed by atoms with Crippen molar-refractivity contribution < 1.29 is 19.1 Å². The van der Waals surface area contributed by atoms with Crippen LogP contribution in [0.4, 0.5) is 5.69 Å². The molecule has 1 heterocycles. The third kappa shape index (κ3) is 5.53. The summed E-state index contributed by atoms with van der Waals surface area (Å²) in [5.41, 5.74) is 2.63. The number of Topliss-reactive ketones (excluding diaryl/α,β-unsaturated/α-hetero) is 1. The number of thiocarbonyl (C=S) groups is 1. The monoisotopic (exact) mass is 435 g/mol. The van der Waals surface area contributed by atoms with E-state index in [9.17, 15) is 14.4 Å². The number of ether oxygens (including phenoxy) is 1. The van der Waals surface area contributed by atoms with Crippen LogP contribution in [-0.4, -0.2) is 47.2 Å². The summed E-state index contributed by atoms with van der Waals surface area (Å²) in [7, 11) is 0. The quantitative estimate of drug-likeness (QED) is 0.405. The van der Waals surface area contributed by atoms with Gasteiger partial charge in [-0.15, -0.1) is 0 Å². The minimum absolute atomic E-state index is 0.0778. The van der Waals surface area contributed by atoms with E-state index in [1.165, 1.54) is 4.90 Å². The zero-order valence-electron chi connectivity index (χ0n) is 17.0. The molecule has 31 heavy (non-hydrogen) atoms. The van der Waals surface area contributed by atoms with Gasteiger partial charge in [0.2, 0.25) is 0 Å². The third-order valence-corrected chi connectivity index (χ3v) is 5.03. The van der Waals surface area contributed by atoms with Crippen molar-refractivity contribution in [3.8, 4) is 6.07 Å². The van der Waals surface area contributed by atoms with Gasteiger partial charge < -0.3 is 15.0 Å². The van der Waals surface area contributed by atoms with E-state index in [0.29, 0.717) is 32.9 Å². The molecule has 0 unspecified atom stereocenters. The molecule has 1 amide bonds. The minimum Gasteiger partial charge on any atom is -0.466 e. The number of ketones is 1.